The van der Waals surface area contributed by atoms with Crippen LogP contribution in [0.5, 0.6) is 0 Å². The highest BCUT2D eigenvalue weighted by molar-refractivity contribution is 6.09. The summed E-state index contributed by atoms with van der Waals surface area (Å²) in [4.78, 5) is 9.33. The molecule has 9 aromatic rings. The first-order valence-corrected chi connectivity index (χ1v) is 14.4. The highest BCUT2D eigenvalue weighted by Gasteiger charge is 2.14. The maximum atomic E-state index is 7.82. The quantitative estimate of drug-likeness (QED) is 0.213. The molecular weight excluding hydrogens is 546 g/mol. The van der Waals surface area contributed by atoms with Gasteiger partial charge in [-0.05, 0) is 96.9 Å². The van der Waals surface area contributed by atoms with Crippen molar-refractivity contribution in [3.63, 3.8) is 0 Å². The number of benzene rings is 4. The van der Waals surface area contributed by atoms with Crippen LogP contribution in [0.25, 0.3) is 88.5 Å². The van der Waals surface area contributed by atoms with Gasteiger partial charge < -0.3 is 18.7 Å². The predicted octanol–water partition coefficient (Wildman–Crippen LogP) is 10.3. The average Bonchev–Trinajstić information content (AvgIpc) is 3.73. The molecule has 6 nitrogen and oxygen atoms in total. The summed E-state index contributed by atoms with van der Waals surface area (Å²) < 4.78 is 18.1. The van der Waals surface area contributed by atoms with Crippen LogP contribution in [0.15, 0.2) is 123 Å². The van der Waals surface area contributed by atoms with E-state index in [1.165, 1.54) is 6.21 Å². The highest BCUT2D eigenvalue weighted by atomic mass is 16.3. The molecule has 44 heavy (non-hydrogen) atoms. The molecule has 6 heteroatoms. The maximum Gasteiger partial charge on any atom is 0.138 e. The minimum absolute atomic E-state index is 0.741. The number of fused-ring (bicyclic) bond motifs is 7. The molecule has 0 aliphatic carbocycles. The Hall–Kier alpha value is -6.01. The van der Waals surface area contributed by atoms with Crippen molar-refractivity contribution >= 4 is 61.1 Å². The first-order chi connectivity index (χ1) is 21.6. The lowest BCUT2D eigenvalue weighted by atomic mass is 10.00. The van der Waals surface area contributed by atoms with Gasteiger partial charge >= 0.3 is 0 Å². The summed E-state index contributed by atoms with van der Waals surface area (Å²) >= 11 is 0. The highest BCUT2D eigenvalue weighted by Crippen LogP contribution is 2.37. The Morgan fingerprint density at radius 2 is 1.05 bits per heavy atom. The molecule has 0 saturated heterocycles. The van der Waals surface area contributed by atoms with Gasteiger partial charge in [0.2, 0.25) is 0 Å². The minimum atomic E-state index is 0.741. The van der Waals surface area contributed by atoms with Crippen LogP contribution in [-0.2, 0) is 0 Å². The smallest absolute Gasteiger partial charge is 0.138 e. The zero-order chi connectivity index (χ0) is 29.4. The fourth-order valence-electron chi connectivity index (χ4n) is 6.25. The topological polar surface area (TPSA) is 89.1 Å². The molecule has 208 valence electrons. The average molecular weight is 570 g/mol. The zero-order valence-electron chi connectivity index (χ0n) is 23.6. The molecule has 0 amide bonds. The fraction of sp³-hybridized carbons (Fsp3) is 0.0263. The number of aromatic nitrogens is 2. The van der Waals surface area contributed by atoms with E-state index in [4.69, 9.17) is 23.6 Å². The van der Waals surface area contributed by atoms with Crippen molar-refractivity contribution in [1.29, 1.82) is 5.41 Å². The van der Waals surface area contributed by atoms with Gasteiger partial charge in [0.15, 0.2) is 0 Å². The van der Waals surface area contributed by atoms with E-state index in [0.717, 1.165) is 99.8 Å². The third-order valence-electron chi connectivity index (χ3n) is 8.47. The third-order valence-corrected chi connectivity index (χ3v) is 8.47. The normalized spacial score (nSPS) is 11.8. The van der Waals surface area contributed by atoms with Gasteiger partial charge in [-0.2, -0.15) is 0 Å². The van der Waals surface area contributed by atoms with Crippen LogP contribution in [0.1, 0.15) is 11.3 Å². The Morgan fingerprint density at radius 1 is 0.545 bits per heavy atom. The van der Waals surface area contributed by atoms with Crippen molar-refractivity contribution in [2.24, 2.45) is 0 Å². The molecular formula is C38H23N3O3. The monoisotopic (exact) mass is 569 g/mol. The summed E-state index contributed by atoms with van der Waals surface area (Å²) in [7, 11) is 0. The number of hydrogen-bond donors (Lipinski definition) is 1. The first kappa shape index (κ1) is 24.6. The van der Waals surface area contributed by atoms with Gasteiger partial charge in [0.05, 0.1) is 11.4 Å². The molecule has 0 bridgehead atoms. The number of nitrogens with one attached hydrogen (secondary N) is 1. The molecule has 9 rings (SSSR count). The van der Waals surface area contributed by atoms with Crippen molar-refractivity contribution in [2.45, 2.75) is 6.92 Å². The van der Waals surface area contributed by atoms with Crippen LogP contribution >= 0.6 is 0 Å². The van der Waals surface area contributed by atoms with Crippen LogP contribution in [0.3, 0.4) is 0 Å². The lowest BCUT2D eigenvalue weighted by molar-refractivity contribution is 0.578. The van der Waals surface area contributed by atoms with E-state index in [1.54, 1.807) is 6.20 Å². The Labute approximate surface area is 250 Å². The predicted molar refractivity (Wildman–Crippen MR) is 175 cm³/mol. The van der Waals surface area contributed by atoms with Crippen molar-refractivity contribution in [2.75, 3.05) is 0 Å². The van der Waals surface area contributed by atoms with Crippen LogP contribution in [0.4, 0.5) is 0 Å². The molecule has 5 heterocycles. The first-order valence-electron chi connectivity index (χ1n) is 14.4. The SMILES string of the molecule is Cc1oc2ccc(-c3cccc(-c4ccc5oc6ccc(-c7ccc8oc9ccncc9c8c7)cc6c5c4)n3)cc2c1C=N. The number of aryl methyl sites for hydroxylation is 1. The van der Waals surface area contributed by atoms with E-state index in [2.05, 4.69) is 41.4 Å². The Morgan fingerprint density at radius 3 is 1.66 bits per heavy atom. The number of furan rings is 3. The van der Waals surface area contributed by atoms with Gasteiger partial charge in [0, 0.05) is 62.2 Å². The number of hydrogen-bond acceptors (Lipinski definition) is 6. The molecule has 0 aliphatic rings. The van der Waals surface area contributed by atoms with Crippen molar-refractivity contribution in [3.05, 3.63) is 121 Å². The number of pyridine rings is 2. The molecule has 4 aromatic carbocycles. The van der Waals surface area contributed by atoms with Gasteiger partial charge in [-0.25, -0.2) is 4.98 Å². The molecule has 0 aliphatic heterocycles. The second kappa shape index (κ2) is 9.24. The van der Waals surface area contributed by atoms with E-state index in [9.17, 15) is 0 Å². The maximum absolute atomic E-state index is 7.82. The zero-order valence-corrected chi connectivity index (χ0v) is 23.6. The van der Waals surface area contributed by atoms with Crippen LogP contribution in [0.2, 0.25) is 0 Å². The summed E-state index contributed by atoms with van der Waals surface area (Å²) in [6, 6.07) is 32.8. The van der Waals surface area contributed by atoms with Crippen molar-refractivity contribution < 1.29 is 13.3 Å². The third kappa shape index (κ3) is 3.71. The van der Waals surface area contributed by atoms with Gasteiger partial charge in [-0.3, -0.25) is 4.98 Å². The van der Waals surface area contributed by atoms with Crippen LogP contribution in [-0.4, -0.2) is 16.2 Å². The van der Waals surface area contributed by atoms with E-state index in [1.807, 2.05) is 73.8 Å². The Bertz CT molecular complexity index is 2600. The summed E-state index contributed by atoms with van der Waals surface area (Å²) in [6.45, 7) is 1.88. The molecule has 1 N–H and O–H groups in total. The molecule has 0 atom stereocenters. The molecule has 0 fully saturated rings. The van der Waals surface area contributed by atoms with Gasteiger partial charge in [0.25, 0.3) is 0 Å². The number of nitrogens with zero attached hydrogens (tertiary/aromatic N) is 2. The Balaban J connectivity index is 1.13. The minimum Gasteiger partial charge on any atom is -0.461 e. The Kier molecular flexibility index (Phi) is 5.16. The summed E-state index contributed by atoms with van der Waals surface area (Å²) in [5.41, 5.74) is 10.8. The van der Waals surface area contributed by atoms with E-state index in [-0.39, 0.29) is 0 Å². The molecule has 5 aromatic heterocycles. The standard InChI is InChI=1S/C38H23N3O3/c1-21-30(19-39)28-18-25(7-11-34(28)42-21)33-4-2-3-32(41-33)24-8-12-36-27(17-24)26-15-22(5-9-35(26)43-36)23-6-10-37-29(16-23)31-20-40-14-13-38(31)44-37/h2-20,39H,1H3. The molecule has 0 spiro atoms. The van der Waals surface area contributed by atoms with Crippen molar-refractivity contribution in [1.82, 2.24) is 9.97 Å². The molecule has 0 radical (unpaired) electrons. The molecule has 0 saturated carbocycles. The summed E-state index contributed by atoms with van der Waals surface area (Å²) in [6.07, 6.45) is 4.95. The molecule has 0 unspecified atom stereocenters. The van der Waals surface area contributed by atoms with E-state index in [0.29, 0.717) is 0 Å². The van der Waals surface area contributed by atoms with Crippen molar-refractivity contribution in [3.8, 4) is 33.6 Å². The van der Waals surface area contributed by atoms with Crippen LogP contribution < -0.4 is 0 Å². The van der Waals surface area contributed by atoms with E-state index < -0.39 is 0 Å². The number of rotatable bonds is 4. The summed E-state index contributed by atoms with van der Waals surface area (Å²) in [5.74, 6) is 0.741. The van der Waals surface area contributed by atoms with Gasteiger partial charge in [0.1, 0.15) is 33.7 Å². The lowest BCUT2D eigenvalue weighted by Crippen LogP contribution is -1.88. The second-order valence-corrected chi connectivity index (χ2v) is 11.0. The second-order valence-electron chi connectivity index (χ2n) is 11.0. The largest absolute Gasteiger partial charge is 0.461 e. The summed E-state index contributed by atoms with van der Waals surface area (Å²) in [5, 5.41) is 12.9. The van der Waals surface area contributed by atoms with E-state index >= 15 is 0 Å². The van der Waals surface area contributed by atoms with Crippen LogP contribution in [0, 0.1) is 12.3 Å². The fourth-order valence-corrected chi connectivity index (χ4v) is 6.25. The van der Waals surface area contributed by atoms with Gasteiger partial charge in [-0.15, -0.1) is 0 Å². The lowest BCUT2D eigenvalue weighted by Gasteiger charge is -2.06. The van der Waals surface area contributed by atoms with Gasteiger partial charge in [-0.1, -0.05) is 18.2 Å².